The quantitative estimate of drug-likeness (QED) is 0.170. The van der Waals surface area contributed by atoms with Crippen molar-refractivity contribution in [3.8, 4) is 5.75 Å². The summed E-state index contributed by atoms with van der Waals surface area (Å²) in [6.45, 7) is -0.406. The summed E-state index contributed by atoms with van der Waals surface area (Å²) in [6, 6.07) is 17.3. The molecule has 33 heavy (non-hydrogen) atoms. The molecule has 1 aromatic heterocycles. The van der Waals surface area contributed by atoms with E-state index in [9.17, 15) is 14.8 Å². The fourth-order valence-corrected chi connectivity index (χ4v) is 3.52. The molecule has 0 radical (unpaired) electrons. The zero-order chi connectivity index (χ0) is 23.5. The molecule has 0 saturated carbocycles. The monoisotopic (exact) mass is 482 g/mol. The third-order valence-corrected chi connectivity index (χ3v) is 5.61. The molecule has 166 valence electrons. The van der Waals surface area contributed by atoms with Gasteiger partial charge in [-0.25, -0.2) is 9.78 Å². The van der Waals surface area contributed by atoms with Gasteiger partial charge in [0.25, 0.3) is 11.5 Å². The summed E-state index contributed by atoms with van der Waals surface area (Å²) >= 11 is 12.1. The Bertz CT molecular complexity index is 1360. The predicted octanol–water partition coefficient (Wildman–Crippen LogP) is 4.77. The molecule has 0 fully saturated rings. The van der Waals surface area contributed by atoms with Gasteiger partial charge in [-0.15, -0.1) is 0 Å². The van der Waals surface area contributed by atoms with Gasteiger partial charge in [0, 0.05) is 11.6 Å². The Kier molecular flexibility index (Phi) is 6.44. The molecule has 4 rings (SSSR count). The predicted molar refractivity (Wildman–Crippen MR) is 123 cm³/mol. The highest BCUT2D eigenvalue weighted by atomic mass is 35.5. The normalized spacial score (nSPS) is 10.8. The van der Waals surface area contributed by atoms with E-state index in [0.29, 0.717) is 10.5 Å². The summed E-state index contributed by atoms with van der Waals surface area (Å²) in [6.07, 6.45) is 0. The number of ketones is 1. The van der Waals surface area contributed by atoms with E-state index in [4.69, 9.17) is 32.7 Å². The number of benzene rings is 3. The van der Waals surface area contributed by atoms with E-state index >= 15 is 0 Å². The van der Waals surface area contributed by atoms with Crippen molar-refractivity contribution < 1.29 is 23.8 Å². The number of ether oxygens (including phenoxy) is 2. The van der Waals surface area contributed by atoms with Crippen LogP contribution in [0.5, 0.6) is 5.75 Å². The number of rotatable bonds is 6. The van der Waals surface area contributed by atoms with E-state index in [-0.39, 0.29) is 43.6 Å². The minimum absolute atomic E-state index is 0.00777. The third kappa shape index (κ3) is 4.60. The lowest BCUT2D eigenvalue weighted by atomic mass is 10.1. The minimum atomic E-state index is -0.649. The van der Waals surface area contributed by atoms with Crippen LogP contribution in [-0.4, -0.2) is 23.8 Å². The van der Waals surface area contributed by atoms with Crippen LogP contribution in [0.3, 0.4) is 0 Å². The first-order valence-electron chi connectivity index (χ1n) is 9.71. The van der Waals surface area contributed by atoms with Gasteiger partial charge in [-0.3, -0.25) is 4.79 Å². The van der Waals surface area contributed by atoms with Gasteiger partial charge in [0.15, 0.2) is 5.69 Å². The van der Waals surface area contributed by atoms with E-state index in [2.05, 4.69) is 4.98 Å². The molecule has 0 bridgehead atoms. The summed E-state index contributed by atoms with van der Waals surface area (Å²) in [5.74, 6) is -0.632. The average Bonchev–Trinajstić information content (AvgIpc) is 2.84. The molecular formula is C24H16Cl2N2O5. The van der Waals surface area contributed by atoms with Crippen molar-refractivity contribution in [2.45, 2.75) is 6.61 Å². The lowest BCUT2D eigenvalue weighted by molar-refractivity contribution is -0.580. The molecule has 7 nitrogen and oxygen atoms in total. The average molecular weight is 483 g/mol. The van der Waals surface area contributed by atoms with Gasteiger partial charge < -0.3 is 14.7 Å². The highest BCUT2D eigenvalue weighted by Gasteiger charge is 2.28. The molecule has 0 amide bonds. The molecule has 0 aliphatic carbocycles. The standard InChI is InChI=1S/C24H16Cl2N2O5/c1-32-16-9-7-15(8-10-16)24(30)33-13-20-22(23(29)14-5-3-2-4-6-14)28(31)21-12-18(26)17(25)11-19(21)27-20/h2-12H,13H2,1H3. The first kappa shape index (κ1) is 22.5. The molecule has 0 N–H and O–H groups in total. The lowest BCUT2D eigenvalue weighted by Crippen LogP contribution is -2.38. The SMILES string of the molecule is COc1ccc(C(=O)OCc2nc3cc(Cl)c(Cl)cc3[n+]([O-])c2C(=O)c2ccccc2)cc1. The Morgan fingerprint density at radius 1 is 0.970 bits per heavy atom. The van der Waals surface area contributed by atoms with Gasteiger partial charge in [-0.2, -0.15) is 4.73 Å². The van der Waals surface area contributed by atoms with E-state index < -0.39 is 18.4 Å². The van der Waals surface area contributed by atoms with E-state index in [1.807, 2.05) is 0 Å². The number of nitrogens with zero attached hydrogens (tertiary/aromatic N) is 2. The van der Waals surface area contributed by atoms with Gasteiger partial charge in [-0.1, -0.05) is 53.5 Å². The fourth-order valence-electron chi connectivity index (χ4n) is 3.21. The molecular weight excluding hydrogens is 467 g/mol. The number of halogens is 2. The molecule has 9 heteroatoms. The molecule has 0 spiro atoms. The van der Waals surface area contributed by atoms with Crippen molar-refractivity contribution in [1.82, 2.24) is 4.98 Å². The van der Waals surface area contributed by atoms with Crippen LogP contribution in [0.2, 0.25) is 10.0 Å². The van der Waals surface area contributed by atoms with Gasteiger partial charge in [0.05, 0.1) is 22.7 Å². The Morgan fingerprint density at radius 2 is 1.64 bits per heavy atom. The molecule has 3 aromatic carbocycles. The first-order chi connectivity index (χ1) is 15.9. The van der Waals surface area contributed by atoms with Crippen LogP contribution in [0.25, 0.3) is 11.0 Å². The number of hydrogen-bond donors (Lipinski definition) is 0. The van der Waals surface area contributed by atoms with E-state index in [1.54, 1.807) is 54.6 Å². The van der Waals surface area contributed by atoms with Crippen LogP contribution in [0, 0.1) is 5.21 Å². The Balaban J connectivity index is 1.75. The van der Waals surface area contributed by atoms with Crippen LogP contribution in [-0.2, 0) is 11.3 Å². The first-order valence-corrected chi connectivity index (χ1v) is 10.5. The maximum atomic E-state index is 13.2. The van der Waals surface area contributed by atoms with E-state index in [0.717, 1.165) is 0 Å². The molecule has 0 saturated heterocycles. The lowest BCUT2D eigenvalue weighted by Gasteiger charge is -2.12. The summed E-state index contributed by atoms with van der Waals surface area (Å²) in [5.41, 5.74) is 0.554. The van der Waals surface area contributed by atoms with Crippen LogP contribution in [0.15, 0.2) is 66.7 Å². The second-order valence-corrected chi connectivity index (χ2v) is 7.77. The van der Waals surface area contributed by atoms with Crippen molar-refractivity contribution in [2.24, 2.45) is 0 Å². The Labute approximate surface area is 198 Å². The van der Waals surface area contributed by atoms with Gasteiger partial charge in [0.2, 0.25) is 5.52 Å². The van der Waals surface area contributed by atoms with Crippen LogP contribution in [0.1, 0.15) is 32.1 Å². The minimum Gasteiger partial charge on any atom is -0.618 e. The van der Waals surface area contributed by atoms with Crippen molar-refractivity contribution >= 4 is 46.0 Å². The Hall–Kier alpha value is -3.68. The second kappa shape index (κ2) is 9.44. The van der Waals surface area contributed by atoms with Crippen molar-refractivity contribution in [3.63, 3.8) is 0 Å². The maximum absolute atomic E-state index is 13.2. The van der Waals surface area contributed by atoms with Gasteiger partial charge in [-0.05, 0) is 30.3 Å². The van der Waals surface area contributed by atoms with E-state index in [1.165, 1.54) is 19.2 Å². The van der Waals surface area contributed by atoms with Crippen molar-refractivity contribution in [1.29, 1.82) is 0 Å². The Morgan fingerprint density at radius 3 is 2.30 bits per heavy atom. The zero-order valence-electron chi connectivity index (χ0n) is 17.2. The van der Waals surface area contributed by atoms with Gasteiger partial charge in [0.1, 0.15) is 17.9 Å². The van der Waals surface area contributed by atoms with Crippen LogP contribution < -0.4 is 9.47 Å². The highest BCUT2D eigenvalue weighted by Crippen LogP contribution is 2.27. The second-order valence-electron chi connectivity index (χ2n) is 6.96. The molecule has 0 aliphatic heterocycles. The molecule has 0 unspecified atom stereocenters. The summed E-state index contributed by atoms with van der Waals surface area (Å²) < 4.78 is 10.9. The maximum Gasteiger partial charge on any atom is 0.338 e. The summed E-state index contributed by atoms with van der Waals surface area (Å²) in [5, 5.41) is 13.6. The molecule has 4 aromatic rings. The summed E-state index contributed by atoms with van der Waals surface area (Å²) in [7, 11) is 1.52. The summed E-state index contributed by atoms with van der Waals surface area (Å²) in [4.78, 5) is 30.1. The van der Waals surface area contributed by atoms with Crippen LogP contribution >= 0.6 is 23.2 Å². The molecule has 1 heterocycles. The fraction of sp³-hybridized carbons (Fsp3) is 0.0833. The topological polar surface area (TPSA) is 92.4 Å². The number of esters is 1. The number of methoxy groups -OCH3 is 1. The molecule has 0 aliphatic rings. The van der Waals surface area contributed by atoms with Crippen molar-refractivity contribution in [2.75, 3.05) is 7.11 Å². The number of aromatic nitrogens is 2. The number of fused-ring (bicyclic) bond motifs is 1. The molecule has 0 atom stereocenters. The van der Waals surface area contributed by atoms with Crippen molar-refractivity contribution in [3.05, 3.63) is 104 Å². The number of carbonyl (C=O) groups excluding carboxylic acids is 2. The highest BCUT2D eigenvalue weighted by molar-refractivity contribution is 6.42. The zero-order valence-corrected chi connectivity index (χ0v) is 18.8. The third-order valence-electron chi connectivity index (χ3n) is 4.88. The smallest absolute Gasteiger partial charge is 0.338 e. The number of carbonyl (C=O) groups is 2. The van der Waals surface area contributed by atoms with Crippen LogP contribution in [0.4, 0.5) is 0 Å². The largest absolute Gasteiger partial charge is 0.618 e. The number of hydrogen-bond acceptors (Lipinski definition) is 6. The van der Waals surface area contributed by atoms with Gasteiger partial charge >= 0.3 is 5.97 Å².